The van der Waals surface area contributed by atoms with Crippen LogP contribution in [-0.2, 0) is 4.79 Å². The summed E-state index contributed by atoms with van der Waals surface area (Å²) in [6.07, 6.45) is 7.34. The molecule has 1 amide bonds. The maximum Gasteiger partial charge on any atom is 0.236 e. The van der Waals surface area contributed by atoms with Gasteiger partial charge in [-0.25, -0.2) is 0 Å². The van der Waals surface area contributed by atoms with Gasteiger partial charge in [-0.2, -0.15) is 0 Å². The quantitative estimate of drug-likeness (QED) is 0.709. The molecule has 0 spiro atoms. The van der Waals surface area contributed by atoms with Gasteiger partial charge in [0.1, 0.15) is 0 Å². The normalized spacial score (nSPS) is 32.5. The molecule has 0 aromatic rings. The third-order valence-electron chi connectivity index (χ3n) is 3.90. The third kappa shape index (κ3) is 2.22. The molecule has 86 valence electrons. The minimum atomic E-state index is 0.0388. The van der Waals surface area contributed by atoms with E-state index in [1.165, 1.54) is 32.1 Å². The minimum Gasteiger partial charge on any atom is -0.338 e. The highest BCUT2D eigenvalue weighted by atomic mass is 79.9. The predicted molar refractivity (Wildman–Crippen MR) is 65.1 cm³/mol. The summed E-state index contributed by atoms with van der Waals surface area (Å²) in [7, 11) is 0. The summed E-state index contributed by atoms with van der Waals surface area (Å²) in [4.78, 5) is 14.3. The molecule has 0 radical (unpaired) electrons. The molecular formula is C12H20BrNO. The first-order chi connectivity index (χ1) is 7.24. The van der Waals surface area contributed by atoms with Gasteiger partial charge in [0.25, 0.3) is 0 Å². The summed E-state index contributed by atoms with van der Waals surface area (Å²) in [5.74, 6) is 1.13. The zero-order valence-corrected chi connectivity index (χ0v) is 11.0. The molecule has 2 rings (SSSR count). The Balaban J connectivity index is 2.04. The number of likely N-dealkylation sites (tertiary alicyclic amines) is 1. The van der Waals surface area contributed by atoms with E-state index in [4.69, 9.17) is 0 Å². The lowest BCUT2D eigenvalue weighted by molar-refractivity contribution is -0.135. The van der Waals surface area contributed by atoms with Crippen molar-refractivity contribution >= 4 is 21.8 Å². The first-order valence-corrected chi connectivity index (χ1v) is 7.10. The van der Waals surface area contributed by atoms with Gasteiger partial charge in [0.2, 0.25) is 5.91 Å². The third-order valence-corrected chi connectivity index (χ3v) is 4.94. The van der Waals surface area contributed by atoms with Crippen molar-refractivity contribution in [1.29, 1.82) is 0 Å². The molecule has 2 nitrogen and oxygen atoms in total. The molecule has 1 saturated heterocycles. The largest absolute Gasteiger partial charge is 0.338 e. The number of piperidine rings is 1. The van der Waals surface area contributed by atoms with E-state index in [0.717, 1.165) is 18.9 Å². The van der Waals surface area contributed by atoms with E-state index in [0.29, 0.717) is 11.9 Å². The van der Waals surface area contributed by atoms with Gasteiger partial charge < -0.3 is 4.90 Å². The summed E-state index contributed by atoms with van der Waals surface area (Å²) in [6.45, 7) is 3.05. The Hall–Kier alpha value is -0.0500. The molecule has 0 aromatic heterocycles. The molecule has 15 heavy (non-hydrogen) atoms. The van der Waals surface area contributed by atoms with Crippen LogP contribution in [0.3, 0.4) is 0 Å². The Morgan fingerprint density at radius 2 is 2.13 bits per heavy atom. The molecule has 0 N–H and O–H groups in total. The molecule has 1 saturated carbocycles. The zero-order valence-electron chi connectivity index (χ0n) is 9.42. The van der Waals surface area contributed by atoms with E-state index in [1.807, 2.05) is 0 Å². The van der Waals surface area contributed by atoms with Crippen LogP contribution in [0, 0.1) is 5.92 Å². The molecule has 0 aromatic carbocycles. The molecule has 2 fully saturated rings. The van der Waals surface area contributed by atoms with E-state index in [2.05, 4.69) is 27.8 Å². The topological polar surface area (TPSA) is 20.3 Å². The summed E-state index contributed by atoms with van der Waals surface area (Å²) in [5, 5.41) is 0. The number of halogens is 1. The molecule has 3 unspecified atom stereocenters. The molecule has 1 heterocycles. The SMILES string of the molecule is CCC(Br)C(=O)N1CCCC2CCCC21. The van der Waals surface area contributed by atoms with Crippen LogP contribution < -0.4 is 0 Å². The molecule has 2 aliphatic rings. The van der Waals surface area contributed by atoms with Crippen LogP contribution in [0.1, 0.15) is 45.4 Å². The van der Waals surface area contributed by atoms with E-state index < -0.39 is 0 Å². The maximum absolute atomic E-state index is 12.2. The van der Waals surface area contributed by atoms with Crippen molar-refractivity contribution in [2.45, 2.75) is 56.3 Å². The summed E-state index contributed by atoms with van der Waals surface area (Å²) in [6, 6.07) is 0.567. The van der Waals surface area contributed by atoms with Crippen LogP contribution in [0.2, 0.25) is 0 Å². The number of hydrogen-bond donors (Lipinski definition) is 0. The standard InChI is InChI=1S/C12H20BrNO/c1-2-10(13)12(15)14-8-4-6-9-5-3-7-11(9)14/h9-11H,2-8H2,1H3. The summed E-state index contributed by atoms with van der Waals surface area (Å²) >= 11 is 3.48. The van der Waals surface area contributed by atoms with Gasteiger partial charge in [-0.05, 0) is 38.0 Å². The Morgan fingerprint density at radius 1 is 1.40 bits per heavy atom. The monoisotopic (exact) mass is 273 g/mol. The molecular weight excluding hydrogens is 254 g/mol. The van der Waals surface area contributed by atoms with Crippen molar-refractivity contribution in [3.63, 3.8) is 0 Å². The van der Waals surface area contributed by atoms with E-state index in [9.17, 15) is 4.79 Å². The van der Waals surface area contributed by atoms with E-state index in [-0.39, 0.29) is 4.83 Å². The fourth-order valence-corrected chi connectivity index (χ4v) is 3.35. The zero-order chi connectivity index (χ0) is 10.8. The molecule has 1 aliphatic carbocycles. The van der Waals surface area contributed by atoms with Gasteiger partial charge in [0, 0.05) is 12.6 Å². The highest BCUT2D eigenvalue weighted by Gasteiger charge is 2.38. The molecule has 1 aliphatic heterocycles. The molecule has 3 atom stereocenters. The average Bonchev–Trinajstić information content (AvgIpc) is 2.74. The van der Waals surface area contributed by atoms with Crippen LogP contribution in [0.5, 0.6) is 0 Å². The van der Waals surface area contributed by atoms with Crippen LogP contribution in [0.25, 0.3) is 0 Å². The Bertz CT molecular complexity index is 244. The first-order valence-electron chi connectivity index (χ1n) is 6.18. The Labute approximate surface area is 101 Å². The summed E-state index contributed by atoms with van der Waals surface area (Å²) < 4.78 is 0. The van der Waals surface area contributed by atoms with E-state index >= 15 is 0 Å². The van der Waals surface area contributed by atoms with Crippen molar-refractivity contribution < 1.29 is 4.79 Å². The van der Waals surface area contributed by atoms with Gasteiger partial charge in [0.05, 0.1) is 4.83 Å². The highest BCUT2D eigenvalue weighted by molar-refractivity contribution is 9.10. The van der Waals surface area contributed by atoms with Gasteiger partial charge in [0.15, 0.2) is 0 Å². The number of rotatable bonds is 2. The first kappa shape index (κ1) is 11.4. The lowest BCUT2D eigenvalue weighted by Gasteiger charge is -2.38. The highest BCUT2D eigenvalue weighted by Crippen LogP contribution is 2.37. The second-order valence-electron chi connectivity index (χ2n) is 4.81. The van der Waals surface area contributed by atoms with Crippen LogP contribution in [-0.4, -0.2) is 28.2 Å². The van der Waals surface area contributed by atoms with Gasteiger partial charge in [-0.15, -0.1) is 0 Å². The lowest BCUT2D eigenvalue weighted by Crippen LogP contribution is -2.48. The van der Waals surface area contributed by atoms with Crippen LogP contribution in [0.15, 0.2) is 0 Å². The molecule has 3 heteroatoms. The van der Waals surface area contributed by atoms with Gasteiger partial charge in [-0.1, -0.05) is 29.3 Å². The fraction of sp³-hybridized carbons (Fsp3) is 0.917. The molecule has 0 bridgehead atoms. The maximum atomic E-state index is 12.2. The number of fused-ring (bicyclic) bond motifs is 1. The average molecular weight is 274 g/mol. The number of amides is 1. The minimum absolute atomic E-state index is 0.0388. The van der Waals surface area contributed by atoms with Crippen LogP contribution >= 0.6 is 15.9 Å². The van der Waals surface area contributed by atoms with Crippen molar-refractivity contribution in [3.8, 4) is 0 Å². The number of nitrogens with zero attached hydrogens (tertiary/aromatic N) is 1. The second-order valence-corrected chi connectivity index (χ2v) is 5.91. The lowest BCUT2D eigenvalue weighted by atomic mass is 9.91. The van der Waals surface area contributed by atoms with Crippen molar-refractivity contribution in [1.82, 2.24) is 4.90 Å². The number of carbonyl (C=O) groups is 1. The van der Waals surface area contributed by atoms with Crippen LogP contribution in [0.4, 0.5) is 0 Å². The number of hydrogen-bond acceptors (Lipinski definition) is 1. The van der Waals surface area contributed by atoms with E-state index in [1.54, 1.807) is 0 Å². The number of alkyl halides is 1. The smallest absolute Gasteiger partial charge is 0.236 e. The van der Waals surface area contributed by atoms with Crippen molar-refractivity contribution in [2.24, 2.45) is 5.92 Å². The Kier molecular flexibility index (Phi) is 3.70. The number of carbonyl (C=O) groups excluding carboxylic acids is 1. The fourth-order valence-electron chi connectivity index (χ4n) is 3.08. The van der Waals surface area contributed by atoms with Crippen molar-refractivity contribution in [2.75, 3.05) is 6.54 Å². The van der Waals surface area contributed by atoms with Gasteiger partial charge in [-0.3, -0.25) is 4.79 Å². The predicted octanol–water partition coefficient (Wildman–Crippen LogP) is 2.95. The Morgan fingerprint density at radius 3 is 2.87 bits per heavy atom. The van der Waals surface area contributed by atoms with Gasteiger partial charge >= 0.3 is 0 Å². The van der Waals surface area contributed by atoms with Crippen molar-refractivity contribution in [3.05, 3.63) is 0 Å². The second kappa shape index (κ2) is 4.86. The summed E-state index contributed by atoms with van der Waals surface area (Å²) in [5.41, 5.74) is 0.